The van der Waals surface area contributed by atoms with E-state index in [0.29, 0.717) is 0 Å². The molecule has 2 aromatic rings. The molecule has 2 rings (SSSR count). The van der Waals surface area contributed by atoms with Crippen LogP contribution in [0.2, 0.25) is 0 Å². The largest absolute Gasteiger partial charge is 0.324 e. The Balaban J connectivity index is 2.11. The smallest absolute Gasteiger partial charge is 0.0540 e. The molecule has 0 radical (unpaired) electrons. The lowest BCUT2D eigenvalue weighted by molar-refractivity contribution is 0.705. The SMILES string of the molecule is CCc1ccc(CC(N)c2cnn(C)c2C)s1. The van der Waals surface area contributed by atoms with Crippen molar-refractivity contribution in [2.45, 2.75) is 32.7 Å². The molecule has 92 valence electrons. The standard InChI is InChI=1S/C13H19N3S/c1-4-10-5-6-11(17-10)7-13(14)12-8-15-16(3)9(12)2/h5-6,8,13H,4,7,14H2,1-3H3. The van der Waals surface area contributed by atoms with Crippen molar-refractivity contribution in [3.8, 4) is 0 Å². The summed E-state index contributed by atoms with van der Waals surface area (Å²) in [6, 6.07) is 4.43. The zero-order valence-corrected chi connectivity index (χ0v) is 11.4. The molecule has 4 heteroatoms. The number of thiophene rings is 1. The van der Waals surface area contributed by atoms with Crippen molar-refractivity contribution >= 4 is 11.3 Å². The van der Waals surface area contributed by atoms with Crippen molar-refractivity contribution in [1.82, 2.24) is 9.78 Å². The van der Waals surface area contributed by atoms with Gasteiger partial charge in [-0.05, 0) is 25.5 Å². The number of nitrogens with zero attached hydrogens (tertiary/aromatic N) is 2. The number of rotatable bonds is 4. The van der Waals surface area contributed by atoms with Gasteiger partial charge in [-0.1, -0.05) is 6.92 Å². The molecule has 2 heterocycles. The van der Waals surface area contributed by atoms with Gasteiger partial charge in [0.05, 0.1) is 6.20 Å². The van der Waals surface area contributed by atoms with Crippen LogP contribution < -0.4 is 5.73 Å². The highest BCUT2D eigenvalue weighted by Crippen LogP contribution is 2.24. The van der Waals surface area contributed by atoms with Gasteiger partial charge in [-0.3, -0.25) is 4.68 Å². The fraction of sp³-hybridized carbons (Fsp3) is 0.462. The molecule has 0 saturated carbocycles. The molecule has 17 heavy (non-hydrogen) atoms. The van der Waals surface area contributed by atoms with Gasteiger partial charge < -0.3 is 5.73 Å². The summed E-state index contributed by atoms with van der Waals surface area (Å²) >= 11 is 1.86. The third-order valence-electron chi connectivity index (χ3n) is 3.16. The van der Waals surface area contributed by atoms with E-state index in [0.717, 1.165) is 24.1 Å². The van der Waals surface area contributed by atoms with Gasteiger partial charge in [-0.2, -0.15) is 5.10 Å². The maximum Gasteiger partial charge on any atom is 0.0540 e. The van der Waals surface area contributed by atoms with E-state index in [1.807, 2.05) is 29.3 Å². The maximum atomic E-state index is 6.25. The molecule has 1 atom stereocenters. The number of aryl methyl sites for hydroxylation is 2. The fourth-order valence-electron chi connectivity index (χ4n) is 1.93. The molecule has 2 N–H and O–H groups in total. The quantitative estimate of drug-likeness (QED) is 0.905. The van der Waals surface area contributed by atoms with E-state index >= 15 is 0 Å². The van der Waals surface area contributed by atoms with E-state index in [1.54, 1.807) is 0 Å². The first kappa shape index (κ1) is 12.3. The highest BCUT2D eigenvalue weighted by molar-refractivity contribution is 7.11. The highest BCUT2D eigenvalue weighted by Gasteiger charge is 2.13. The number of aromatic nitrogens is 2. The van der Waals surface area contributed by atoms with Crippen LogP contribution in [0.4, 0.5) is 0 Å². The van der Waals surface area contributed by atoms with E-state index in [-0.39, 0.29) is 6.04 Å². The predicted molar refractivity (Wildman–Crippen MR) is 72.3 cm³/mol. The summed E-state index contributed by atoms with van der Waals surface area (Å²) in [5, 5.41) is 4.24. The summed E-state index contributed by atoms with van der Waals surface area (Å²) in [4.78, 5) is 2.78. The molecule has 0 fully saturated rings. The molecule has 0 aromatic carbocycles. The van der Waals surface area contributed by atoms with E-state index < -0.39 is 0 Å². The number of nitrogens with two attached hydrogens (primary N) is 1. The lowest BCUT2D eigenvalue weighted by Gasteiger charge is -2.09. The third kappa shape index (κ3) is 2.58. The van der Waals surface area contributed by atoms with E-state index in [2.05, 4.69) is 31.1 Å². The van der Waals surface area contributed by atoms with Gasteiger partial charge in [0.15, 0.2) is 0 Å². The molecule has 0 saturated heterocycles. The zero-order valence-electron chi connectivity index (χ0n) is 10.6. The Hall–Kier alpha value is -1.13. The van der Waals surface area contributed by atoms with Gasteiger partial charge in [0.2, 0.25) is 0 Å². The Morgan fingerprint density at radius 2 is 2.12 bits per heavy atom. The van der Waals surface area contributed by atoms with Crippen molar-refractivity contribution in [3.05, 3.63) is 39.3 Å². The molecular weight excluding hydrogens is 230 g/mol. The predicted octanol–water partition coefficient (Wildman–Crippen LogP) is 2.59. The molecular formula is C13H19N3S. The van der Waals surface area contributed by atoms with Crippen LogP contribution in [0.1, 0.15) is 34.0 Å². The van der Waals surface area contributed by atoms with Crippen LogP contribution in [0.3, 0.4) is 0 Å². The van der Waals surface area contributed by atoms with Gasteiger partial charge in [-0.15, -0.1) is 11.3 Å². The normalized spacial score (nSPS) is 12.9. The van der Waals surface area contributed by atoms with Crippen LogP contribution in [0, 0.1) is 6.92 Å². The summed E-state index contributed by atoms with van der Waals surface area (Å²) in [6.45, 7) is 4.24. The second-order valence-corrected chi connectivity index (χ2v) is 5.59. The minimum Gasteiger partial charge on any atom is -0.324 e. The Labute approximate surface area is 106 Å². The van der Waals surface area contributed by atoms with Gasteiger partial charge in [0.1, 0.15) is 0 Å². The molecule has 3 nitrogen and oxygen atoms in total. The monoisotopic (exact) mass is 249 g/mol. The highest BCUT2D eigenvalue weighted by atomic mass is 32.1. The van der Waals surface area contributed by atoms with Crippen molar-refractivity contribution in [2.24, 2.45) is 12.8 Å². The van der Waals surface area contributed by atoms with E-state index in [4.69, 9.17) is 5.73 Å². The Morgan fingerprint density at radius 3 is 2.65 bits per heavy atom. The Bertz CT molecular complexity index is 498. The van der Waals surface area contributed by atoms with Crippen molar-refractivity contribution in [3.63, 3.8) is 0 Å². The van der Waals surface area contributed by atoms with Crippen LogP contribution in [0.25, 0.3) is 0 Å². The lowest BCUT2D eigenvalue weighted by atomic mass is 10.1. The van der Waals surface area contributed by atoms with Gasteiger partial charge in [-0.25, -0.2) is 0 Å². The minimum atomic E-state index is 0.0482. The molecule has 0 bridgehead atoms. The first-order valence-corrected chi connectivity index (χ1v) is 6.75. The van der Waals surface area contributed by atoms with Crippen molar-refractivity contribution in [2.75, 3.05) is 0 Å². The Morgan fingerprint density at radius 1 is 1.41 bits per heavy atom. The molecule has 0 aliphatic rings. The lowest BCUT2D eigenvalue weighted by Crippen LogP contribution is -2.13. The van der Waals surface area contributed by atoms with Crippen LogP contribution in [0.15, 0.2) is 18.3 Å². The summed E-state index contributed by atoms with van der Waals surface area (Å²) in [5.74, 6) is 0. The summed E-state index contributed by atoms with van der Waals surface area (Å²) in [5.41, 5.74) is 8.55. The number of hydrogen-bond donors (Lipinski definition) is 1. The second kappa shape index (κ2) is 5.02. The summed E-state index contributed by atoms with van der Waals surface area (Å²) in [6.07, 6.45) is 3.89. The third-order valence-corrected chi connectivity index (χ3v) is 4.41. The first-order valence-electron chi connectivity index (χ1n) is 5.93. The maximum absolute atomic E-state index is 6.25. The molecule has 0 amide bonds. The van der Waals surface area contributed by atoms with E-state index in [9.17, 15) is 0 Å². The van der Waals surface area contributed by atoms with Crippen molar-refractivity contribution < 1.29 is 0 Å². The van der Waals surface area contributed by atoms with Gasteiger partial charge >= 0.3 is 0 Å². The second-order valence-electron chi connectivity index (χ2n) is 4.34. The van der Waals surface area contributed by atoms with Crippen LogP contribution >= 0.6 is 11.3 Å². The van der Waals surface area contributed by atoms with Crippen molar-refractivity contribution in [1.29, 1.82) is 0 Å². The first-order chi connectivity index (χ1) is 8.11. The topological polar surface area (TPSA) is 43.8 Å². The molecule has 2 aromatic heterocycles. The van der Waals surface area contributed by atoms with E-state index in [1.165, 1.54) is 9.75 Å². The molecule has 0 aliphatic heterocycles. The minimum absolute atomic E-state index is 0.0482. The zero-order chi connectivity index (χ0) is 12.4. The average Bonchev–Trinajstić information content (AvgIpc) is 2.88. The molecule has 0 spiro atoms. The van der Waals surface area contributed by atoms with Crippen LogP contribution in [0.5, 0.6) is 0 Å². The summed E-state index contributed by atoms with van der Waals surface area (Å²) < 4.78 is 1.88. The van der Waals surface area contributed by atoms with Crippen LogP contribution in [-0.4, -0.2) is 9.78 Å². The molecule has 0 aliphatic carbocycles. The summed E-state index contributed by atoms with van der Waals surface area (Å²) in [7, 11) is 1.95. The van der Waals surface area contributed by atoms with Gasteiger partial charge in [0, 0.05) is 40.5 Å². The van der Waals surface area contributed by atoms with Gasteiger partial charge in [0.25, 0.3) is 0 Å². The fourth-order valence-corrected chi connectivity index (χ4v) is 2.94. The molecule has 1 unspecified atom stereocenters. The Kier molecular flexibility index (Phi) is 3.64. The van der Waals surface area contributed by atoms with Crippen LogP contribution in [-0.2, 0) is 19.9 Å². The number of hydrogen-bond acceptors (Lipinski definition) is 3. The average molecular weight is 249 g/mol.